The van der Waals surface area contributed by atoms with E-state index >= 15 is 0 Å². The number of ether oxygens (including phenoxy) is 1. The molecule has 0 spiro atoms. The number of carbonyl (C=O) groups excluding carboxylic acids is 2. The van der Waals surface area contributed by atoms with E-state index in [2.05, 4.69) is 11.3 Å². The molecule has 16 heavy (non-hydrogen) atoms. The molecule has 0 N–H and O–H groups in total. The highest BCUT2D eigenvalue weighted by molar-refractivity contribution is 6.00. The fourth-order valence-electron chi connectivity index (χ4n) is 0.874. The van der Waals surface area contributed by atoms with Gasteiger partial charge >= 0.3 is 11.9 Å². The quantitative estimate of drug-likeness (QED) is 0.404. The molecule has 90 valence electrons. The monoisotopic (exact) mass is 225 g/mol. The molecule has 0 aromatic heterocycles. The Hall–Kier alpha value is -1.42. The third-order valence-corrected chi connectivity index (χ3v) is 1.88. The van der Waals surface area contributed by atoms with Gasteiger partial charge in [-0.1, -0.05) is 12.7 Å². The van der Waals surface area contributed by atoms with Crippen molar-refractivity contribution in [3.05, 3.63) is 23.8 Å². The lowest BCUT2D eigenvalue weighted by atomic mass is 10.2. The molecule has 0 fully saturated rings. The van der Waals surface area contributed by atoms with Gasteiger partial charge in [0, 0.05) is 17.7 Å². The minimum Gasteiger partial charge on any atom is -0.386 e. The smallest absolute Gasteiger partial charge is 0.341 e. The summed E-state index contributed by atoms with van der Waals surface area (Å²) in [5, 5.41) is 0. The van der Waals surface area contributed by atoms with Crippen molar-refractivity contribution in [2.75, 3.05) is 20.6 Å². The average Bonchev–Trinajstić information content (AvgIpc) is 2.16. The molecule has 0 aromatic carbocycles. The van der Waals surface area contributed by atoms with Gasteiger partial charge in [0.25, 0.3) is 0 Å². The summed E-state index contributed by atoms with van der Waals surface area (Å²) >= 11 is 0. The van der Waals surface area contributed by atoms with Crippen LogP contribution in [0.3, 0.4) is 0 Å². The van der Waals surface area contributed by atoms with E-state index in [1.165, 1.54) is 6.92 Å². The molecule has 0 atom stereocenters. The van der Waals surface area contributed by atoms with E-state index in [1.807, 2.05) is 19.0 Å². The SMILES string of the molecule is C=C(C)C(=O)OC(=O)C(C)=CCCN(C)C. The first-order valence-corrected chi connectivity index (χ1v) is 5.08. The maximum atomic E-state index is 11.4. The van der Waals surface area contributed by atoms with Crippen LogP contribution in [0.2, 0.25) is 0 Å². The third kappa shape index (κ3) is 6.14. The predicted molar refractivity (Wildman–Crippen MR) is 62.8 cm³/mol. The zero-order valence-corrected chi connectivity index (χ0v) is 10.4. The van der Waals surface area contributed by atoms with Crippen LogP contribution in [-0.4, -0.2) is 37.5 Å². The minimum absolute atomic E-state index is 0.217. The van der Waals surface area contributed by atoms with Crippen molar-refractivity contribution >= 4 is 11.9 Å². The second kappa shape index (κ2) is 6.95. The highest BCUT2D eigenvalue weighted by atomic mass is 16.6. The van der Waals surface area contributed by atoms with E-state index < -0.39 is 11.9 Å². The zero-order chi connectivity index (χ0) is 12.7. The Morgan fingerprint density at radius 3 is 2.25 bits per heavy atom. The van der Waals surface area contributed by atoms with Crippen molar-refractivity contribution in [2.24, 2.45) is 0 Å². The lowest BCUT2D eigenvalue weighted by Gasteiger charge is -2.07. The summed E-state index contributed by atoms with van der Waals surface area (Å²) in [6.45, 7) is 7.38. The van der Waals surface area contributed by atoms with Crippen LogP contribution in [0, 0.1) is 0 Å². The summed E-state index contributed by atoms with van der Waals surface area (Å²) < 4.78 is 4.57. The normalized spacial score (nSPS) is 11.4. The van der Waals surface area contributed by atoms with Crippen LogP contribution in [0.5, 0.6) is 0 Å². The number of hydrogen-bond donors (Lipinski definition) is 0. The van der Waals surface area contributed by atoms with E-state index in [-0.39, 0.29) is 5.57 Å². The number of rotatable bonds is 5. The van der Waals surface area contributed by atoms with Crippen LogP contribution in [0.4, 0.5) is 0 Å². The van der Waals surface area contributed by atoms with Crippen molar-refractivity contribution in [1.29, 1.82) is 0 Å². The molecule has 0 bridgehead atoms. The first-order valence-electron chi connectivity index (χ1n) is 5.08. The van der Waals surface area contributed by atoms with Crippen molar-refractivity contribution in [3.63, 3.8) is 0 Å². The molecule has 0 rings (SSSR count). The van der Waals surface area contributed by atoms with Gasteiger partial charge in [-0.3, -0.25) is 0 Å². The number of hydrogen-bond acceptors (Lipinski definition) is 4. The van der Waals surface area contributed by atoms with E-state index in [1.54, 1.807) is 13.0 Å². The summed E-state index contributed by atoms with van der Waals surface area (Å²) in [4.78, 5) is 24.4. The van der Waals surface area contributed by atoms with Gasteiger partial charge in [-0.25, -0.2) is 9.59 Å². The summed E-state index contributed by atoms with van der Waals surface area (Å²) in [7, 11) is 3.90. The number of nitrogens with zero attached hydrogens (tertiary/aromatic N) is 1. The summed E-state index contributed by atoms with van der Waals surface area (Å²) in [5.74, 6) is -1.28. The highest BCUT2D eigenvalue weighted by Gasteiger charge is 2.12. The Morgan fingerprint density at radius 2 is 1.81 bits per heavy atom. The molecule has 0 unspecified atom stereocenters. The fraction of sp³-hybridized carbons (Fsp3) is 0.500. The first kappa shape index (κ1) is 14.6. The lowest BCUT2D eigenvalue weighted by Crippen LogP contribution is -2.15. The molecular weight excluding hydrogens is 206 g/mol. The van der Waals surface area contributed by atoms with Gasteiger partial charge in [0.1, 0.15) is 0 Å². The van der Waals surface area contributed by atoms with Crippen molar-refractivity contribution in [2.45, 2.75) is 20.3 Å². The predicted octanol–water partition coefficient (Wildman–Crippen LogP) is 1.53. The van der Waals surface area contributed by atoms with Gasteiger partial charge < -0.3 is 9.64 Å². The van der Waals surface area contributed by atoms with Crippen molar-refractivity contribution < 1.29 is 14.3 Å². The molecule has 0 aliphatic rings. The maximum absolute atomic E-state index is 11.4. The van der Waals surface area contributed by atoms with E-state index in [4.69, 9.17) is 0 Å². The van der Waals surface area contributed by atoms with Gasteiger partial charge in [0.15, 0.2) is 0 Å². The van der Waals surface area contributed by atoms with E-state index in [0.29, 0.717) is 5.57 Å². The van der Waals surface area contributed by atoms with E-state index in [0.717, 1.165) is 13.0 Å². The number of esters is 2. The van der Waals surface area contributed by atoms with Crippen LogP contribution in [0.25, 0.3) is 0 Å². The minimum atomic E-state index is -0.676. The molecule has 4 nitrogen and oxygen atoms in total. The largest absolute Gasteiger partial charge is 0.386 e. The summed E-state index contributed by atoms with van der Waals surface area (Å²) in [5.41, 5.74) is 0.658. The third-order valence-electron chi connectivity index (χ3n) is 1.88. The Morgan fingerprint density at radius 1 is 1.25 bits per heavy atom. The van der Waals surface area contributed by atoms with Crippen molar-refractivity contribution in [1.82, 2.24) is 4.90 Å². The molecule has 0 saturated heterocycles. The van der Waals surface area contributed by atoms with Gasteiger partial charge in [0.05, 0.1) is 0 Å². The molecule has 4 heteroatoms. The zero-order valence-electron chi connectivity index (χ0n) is 10.4. The van der Waals surface area contributed by atoms with Crippen LogP contribution in [0.15, 0.2) is 23.8 Å². The van der Waals surface area contributed by atoms with Crippen LogP contribution in [-0.2, 0) is 14.3 Å². The molecule has 0 heterocycles. The first-order chi connectivity index (χ1) is 7.34. The Labute approximate surface area is 96.6 Å². The number of carbonyl (C=O) groups is 2. The summed E-state index contributed by atoms with van der Waals surface area (Å²) in [6.07, 6.45) is 2.50. The maximum Gasteiger partial charge on any atom is 0.341 e. The Balaban J connectivity index is 4.18. The molecule has 0 aromatic rings. The van der Waals surface area contributed by atoms with Gasteiger partial charge in [-0.15, -0.1) is 0 Å². The average molecular weight is 225 g/mol. The van der Waals surface area contributed by atoms with E-state index in [9.17, 15) is 9.59 Å². The fourth-order valence-corrected chi connectivity index (χ4v) is 0.874. The van der Waals surface area contributed by atoms with Gasteiger partial charge in [0.2, 0.25) is 0 Å². The summed E-state index contributed by atoms with van der Waals surface area (Å²) in [6, 6.07) is 0. The molecule has 0 aliphatic carbocycles. The molecule has 0 aliphatic heterocycles. The highest BCUT2D eigenvalue weighted by Crippen LogP contribution is 2.02. The second-order valence-electron chi connectivity index (χ2n) is 3.94. The Bertz CT molecular complexity index is 316. The van der Waals surface area contributed by atoms with Gasteiger partial charge in [-0.05, 0) is 34.4 Å². The standard InChI is InChI=1S/C12H19NO3/c1-9(2)11(14)16-12(15)10(3)7-6-8-13(4)5/h7H,1,6,8H2,2-5H3. The molecule has 0 amide bonds. The van der Waals surface area contributed by atoms with Gasteiger partial charge in [-0.2, -0.15) is 0 Å². The molecular formula is C12H19NO3. The van der Waals surface area contributed by atoms with Crippen LogP contribution < -0.4 is 0 Å². The molecule has 0 saturated carbocycles. The Kier molecular flexibility index (Phi) is 6.34. The van der Waals surface area contributed by atoms with Crippen LogP contribution in [0.1, 0.15) is 20.3 Å². The van der Waals surface area contributed by atoms with Crippen molar-refractivity contribution in [3.8, 4) is 0 Å². The van der Waals surface area contributed by atoms with Crippen LogP contribution >= 0.6 is 0 Å². The second-order valence-corrected chi connectivity index (χ2v) is 3.94. The molecule has 0 radical (unpaired) electrons. The lowest BCUT2D eigenvalue weighted by molar-refractivity contribution is -0.153. The topological polar surface area (TPSA) is 46.6 Å².